The van der Waals surface area contributed by atoms with Gasteiger partial charge < -0.3 is 19.6 Å². The molecule has 9 heteroatoms. The van der Waals surface area contributed by atoms with Crippen molar-refractivity contribution in [3.05, 3.63) is 82.2 Å². The van der Waals surface area contributed by atoms with Gasteiger partial charge in [-0.05, 0) is 89.4 Å². The van der Waals surface area contributed by atoms with Crippen LogP contribution < -0.4 is 11.0 Å². The summed E-state index contributed by atoms with van der Waals surface area (Å²) >= 11 is 0. The van der Waals surface area contributed by atoms with E-state index in [2.05, 4.69) is 41.8 Å². The summed E-state index contributed by atoms with van der Waals surface area (Å²) in [4.78, 5) is 27.6. The van der Waals surface area contributed by atoms with Gasteiger partial charge in [0, 0.05) is 25.8 Å². The molecule has 0 saturated heterocycles. The molecular weight excluding hydrogens is 532 g/mol. The first kappa shape index (κ1) is 33.1. The zero-order valence-corrected chi connectivity index (χ0v) is 26.7. The second-order valence-corrected chi connectivity index (χ2v) is 12.5. The Bertz CT molecular complexity index is 1270. The van der Waals surface area contributed by atoms with E-state index in [4.69, 9.17) is 14.2 Å². The monoisotopic (exact) mass is 580 g/mol. The first-order chi connectivity index (χ1) is 19.7. The van der Waals surface area contributed by atoms with Crippen LogP contribution in [-0.2, 0) is 32.1 Å². The summed E-state index contributed by atoms with van der Waals surface area (Å²) in [6.45, 7) is 16.0. The Hall–Kier alpha value is -3.40. The van der Waals surface area contributed by atoms with Crippen LogP contribution in [0.5, 0.6) is 0 Å². The van der Waals surface area contributed by atoms with Crippen molar-refractivity contribution >= 4 is 11.9 Å². The molecule has 9 nitrogen and oxygen atoms in total. The molecule has 1 atom stereocenters. The van der Waals surface area contributed by atoms with E-state index >= 15 is 0 Å². The molecule has 42 heavy (non-hydrogen) atoms. The number of aryl methyl sites for hydroxylation is 1. The second kappa shape index (κ2) is 14.2. The van der Waals surface area contributed by atoms with Crippen molar-refractivity contribution in [1.29, 1.82) is 0 Å². The molecule has 0 saturated carbocycles. The standard InChI is InChI=1S/C33H48N4O5/c1-10-16-37-21-28(34-35-37)22-41-29(33(6,7)31(39)40-9)25-15-14-23(2)27(18-25)20-36(8)19-24-12-11-13-26(17-24)30(38)42-32(3,4)5/h11-15,17-18,21,29,34-35H,10,16,19-20,22H2,1-9H3/t29-/m1/s1. The van der Waals surface area contributed by atoms with Gasteiger partial charge in [0.1, 0.15) is 5.60 Å². The van der Waals surface area contributed by atoms with Gasteiger partial charge in [-0.15, -0.1) is 5.53 Å². The molecule has 0 amide bonds. The van der Waals surface area contributed by atoms with Crippen molar-refractivity contribution < 1.29 is 23.8 Å². The molecule has 0 spiro atoms. The molecule has 0 aromatic heterocycles. The van der Waals surface area contributed by atoms with Crippen LogP contribution in [0.15, 0.2) is 54.4 Å². The number of methoxy groups -OCH3 is 1. The Morgan fingerprint density at radius 3 is 2.45 bits per heavy atom. The fourth-order valence-electron chi connectivity index (χ4n) is 4.91. The van der Waals surface area contributed by atoms with Crippen molar-refractivity contribution in [3.8, 4) is 0 Å². The fourth-order valence-corrected chi connectivity index (χ4v) is 4.91. The maximum atomic E-state index is 12.9. The number of rotatable bonds is 13. The third-order valence-corrected chi connectivity index (χ3v) is 7.04. The zero-order valence-electron chi connectivity index (χ0n) is 26.7. The van der Waals surface area contributed by atoms with Gasteiger partial charge in [-0.25, -0.2) is 4.79 Å². The summed E-state index contributed by atoms with van der Waals surface area (Å²) in [6, 6.07) is 13.8. The number of nitrogens with one attached hydrogen (secondary N) is 2. The molecular formula is C33H48N4O5. The van der Waals surface area contributed by atoms with Crippen molar-refractivity contribution in [2.45, 2.75) is 79.7 Å². The third-order valence-electron chi connectivity index (χ3n) is 7.04. The number of esters is 2. The van der Waals surface area contributed by atoms with Crippen LogP contribution in [-0.4, -0.2) is 54.8 Å². The predicted molar refractivity (Wildman–Crippen MR) is 164 cm³/mol. The van der Waals surface area contributed by atoms with E-state index < -0.39 is 17.1 Å². The second-order valence-electron chi connectivity index (χ2n) is 12.5. The molecule has 2 aromatic carbocycles. The van der Waals surface area contributed by atoms with Gasteiger partial charge in [0.25, 0.3) is 0 Å². The van der Waals surface area contributed by atoms with Gasteiger partial charge in [-0.3, -0.25) is 14.7 Å². The number of nitrogens with zero attached hydrogens (tertiary/aromatic N) is 2. The minimum Gasteiger partial charge on any atom is -0.469 e. The quantitative estimate of drug-likeness (QED) is 0.302. The van der Waals surface area contributed by atoms with E-state index in [1.807, 2.05) is 77.1 Å². The van der Waals surface area contributed by atoms with Crippen LogP contribution in [0.2, 0.25) is 0 Å². The molecule has 2 N–H and O–H groups in total. The van der Waals surface area contributed by atoms with Crippen LogP contribution in [0.3, 0.4) is 0 Å². The number of hydrogen-bond donors (Lipinski definition) is 2. The highest BCUT2D eigenvalue weighted by Crippen LogP contribution is 2.39. The largest absolute Gasteiger partial charge is 0.469 e. The van der Waals surface area contributed by atoms with E-state index in [9.17, 15) is 9.59 Å². The smallest absolute Gasteiger partial charge is 0.338 e. The highest BCUT2D eigenvalue weighted by atomic mass is 16.6. The van der Waals surface area contributed by atoms with E-state index in [0.29, 0.717) is 25.3 Å². The molecule has 1 aliphatic heterocycles. The fraction of sp³-hybridized carbons (Fsp3) is 0.515. The Labute approximate surface area is 251 Å². The lowest BCUT2D eigenvalue weighted by atomic mass is 9.81. The van der Waals surface area contributed by atoms with Crippen LogP contribution in [0.25, 0.3) is 0 Å². The van der Waals surface area contributed by atoms with Crippen molar-refractivity contribution in [2.24, 2.45) is 5.41 Å². The molecule has 0 bridgehead atoms. The lowest BCUT2D eigenvalue weighted by Gasteiger charge is -2.32. The third kappa shape index (κ3) is 9.05. The number of carbonyl (C=O) groups excluding carboxylic acids is 2. The zero-order chi connectivity index (χ0) is 31.1. The highest BCUT2D eigenvalue weighted by molar-refractivity contribution is 5.89. The van der Waals surface area contributed by atoms with Gasteiger partial charge in [-0.2, -0.15) is 0 Å². The van der Waals surface area contributed by atoms with Gasteiger partial charge in [-0.1, -0.05) is 37.3 Å². The van der Waals surface area contributed by atoms with Crippen LogP contribution >= 0.6 is 0 Å². The Morgan fingerprint density at radius 2 is 1.79 bits per heavy atom. The molecule has 1 heterocycles. The number of benzene rings is 2. The van der Waals surface area contributed by atoms with E-state index in [-0.39, 0.29) is 11.9 Å². The molecule has 1 aliphatic rings. The van der Waals surface area contributed by atoms with Crippen molar-refractivity contribution in [3.63, 3.8) is 0 Å². The average molecular weight is 581 g/mol. The minimum atomic E-state index is -0.926. The summed E-state index contributed by atoms with van der Waals surface area (Å²) in [6.07, 6.45) is 2.45. The first-order valence-corrected chi connectivity index (χ1v) is 14.5. The van der Waals surface area contributed by atoms with Crippen LogP contribution in [0.1, 0.15) is 86.7 Å². The van der Waals surface area contributed by atoms with E-state index in [1.165, 1.54) is 7.11 Å². The van der Waals surface area contributed by atoms with Crippen LogP contribution in [0, 0.1) is 12.3 Å². The number of carbonyl (C=O) groups is 2. The van der Waals surface area contributed by atoms with Gasteiger partial charge >= 0.3 is 11.9 Å². The lowest BCUT2D eigenvalue weighted by Crippen LogP contribution is -2.38. The number of hydrazine groups is 2. The molecule has 3 rings (SSSR count). The maximum absolute atomic E-state index is 12.9. The molecule has 0 unspecified atom stereocenters. The van der Waals surface area contributed by atoms with Gasteiger partial charge in [0.15, 0.2) is 0 Å². The molecule has 230 valence electrons. The number of hydrogen-bond acceptors (Lipinski definition) is 9. The summed E-state index contributed by atoms with van der Waals surface area (Å²) in [7, 11) is 3.45. The first-order valence-electron chi connectivity index (χ1n) is 14.5. The van der Waals surface area contributed by atoms with Gasteiger partial charge in [0.2, 0.25) is 0 Å². The van der Waals surface area contributed by atoms with Crippen molar-refractivity contribution in [2.75, 3.05) is 27.3 Å². The number of ether oxygens (including phenoxy) is 3. The Balaban J connectivity index is 1.79. The summed E-state index contributed by atoms with van der Waals surface area (Å²) in [5, 5.41) is 1.97. The normalized spacial score (nSPS) is 14.4. The van der Waals surface area contributed by atoms with E-state index in [0.717, 1.165) is 40.9 Å². The summed E-state index contributed by atoms with van der Waals surface area (Å²) < 4.78 is 17.1. The molecule has 0 aliphatic carbocycles. The predicted octanol–water partition coefficient (Wildman–Crippen LogP) is 5.42. The molecule has 0 radical (unpaired) electrons. The SMILES string of the molecule is CCCN1C=C(CO[C@H](c2ccc(C)c(CN(C)Cc3cccc(C(=O)OC(C)(C)C)c3)c2)C(C)(C)C(=O)OC)NN1. The average Bonchev–Trinajstić information content (AvgIpc) is 3.36. The van der Waals surface area contributed by atoms with Crippen molar-refractivity contribution in [1.82, 2.24) is 20.9 Å². The lowest BCUT2D eigenvalue weighted by molar-refractivity contribution is -0.160. The highest BCUT2D eigenvalue weighted by Gasteiger charge is 2.40. The molecule has 0 fully saturated rings. The topological polar surface area (TPSA) is 92.4 Å². The van der Waals surface area contributed by atoms with Gasteiger partial charge in [0.05, 0.1) is 36.5 Å². The summed E-state index contributed by atoms with van der Waals surface area (Å²) in [5.41, 5.74) is 10.4. The van der Waals surface area contributed by atoms with Crippen LogP contribution in [0.4, 0.5) is 0 Å². The molecule has 2 aromatic rings. The minimum absolute atomic E-state index is 0.301. The van der Waals surface area contributed by atoms with E-state index in [1.54, 1.807) is 6.07 Å². The maximum Gasteiger partial charge on any atom is 0.338 e. The Morgan fingerprint density at radius 1 is 1.05 bits per heavy atom. The summed E-state index contributed by atoms with van der Waals surface area (Å²) in [5.74, 6) is -0.664. The Kier molecular flexibility index (Phi) is 11.2.